The van der Waals surface area contributed by atoms with Crippen LogP contribution >= 0.6 is 0 Å². The highest BCUT2D eigenvalue weighted by Gasteiger charge is 2.06. The van der Waals surface area contributed by atoms with E-state index >= 15 is 0 Å². The smallest absolute Gasteiger partial charge is 0.321 e. The molecule has 0 fully saturated rings. The highest BCUT2D eigenvalue weighted by molar-refractivity contribution is 5.43. The van der Waals surface area contributed by atoms with Gasteiger partial charge in [0, 0.05) is 6.07 Å². The first-order chi connectivity index (χ1) is 8.78. The third kappa shape index (κ3) is 3.39. The summed E-state index contributed by atoms with van der Waals surface area (Å²) < 4.78 is 5.34. The Balaban J connectivity index is 1.93. The van der Waals surface area contributed by atoms with Crippen molar-refractivity contribution >= 4 is 11.8 Å². The van der Waals surface area contributed by atoms with Crippen molar-refractivity contribution < 1.29 is 4.42 Å². The fourth-order valence-corrected chi connectivity index (χ4v) is 1.27. The van der Waals surface area contributed by atoms with Gasteiger partial charge in [-0.3, -0.25) is 10.1 Å². The van der Waals surface area contributed by atoms with Gasteiger partial charge >= 0.3 is 6.01 Å². The summed E-state index contributed by atoms with van der Waals surface area (Å²) >= 11 is 0. The van der Waals surface area contributed by atoms with Gasteiger partial charge in [0.15, 0.2) is 5.82 Å². The minimum Gasteiger partial charge on any atom is -0.406 e. The van der Waals surface area contributed by atoms with Crippen LogP contribution in [0.25, 0.3) is 0 Å². The van der Waals surface area contributed by atoms with E-state index in [0.717, 1.165) is 13.0 Å². The molecule has 2 rings (SSSR count). The zero-order chi connectivity index (χ0) is 12.8. The molecule has 18 heavy (non-hydrogen) atoms. The Morgan fingerprint density at radius 2 is 2.28 bits per heavy atom. The Kier molecular flexibility index (Phi) is 4.02. The van der Waals surface area contributed by atoms with E-state index in [1.165, 1.54) is 12.1 Å². The maximum Gasteiger partial charge on any atom is 0.321 e. The molecule has 0 aliphatic carbocycles. The minimum atomic E-state index is -0.268. The molecule has 0 radical (unpaired) electrons. The van der Waals surface area contributed by atoms with Crippen molar-refractivity contribution in [2.24, 2.45) is 0 Å². The number of nitrogens with zero attached hydrogens (tertiary/aromatic N) is 3. The Hall–Kier alpha value is -2.22. The topological polar surface area (TPSA) is 109 Å². The first kappa shape index (κ1) is 12.2. The summed E-state index contributed by atoms with van der Waals surface area (Å²) in [5.41, 5.74) is -0.268. The van der Waals surface area contributed by atoms with Crippen LogP contribution in [0.1, 0.15) is 19.2 Å². The summed E-state index contributed by atoms with van der Waals surface area (Å²) in [5.74, 6) is 0.932. The third-order valence-electron chi connectivity index (χ3n) is 2.08. The van der Waals surface area contributed by atoms with Gasteiger partial charge < -0.3 is 9.73 Å². The summed E-state index contributed by atoms with van der Waals surface area (Å²) in [4.78, 5) is 10.8. The molecule has 0 saturated carbocycles. The fourth-order valence-electron chi connectivity index (χ4n) is 1.27. The van der Waals surface area contributed by atoms with Gasteiger partial charge in [-0.2, -0.15) is 5.10 Å². The highest BCUT2D eigenvalue weighted by atomic mass is 16.4. The van der Waals surface area contributed by atoms with Crippen molar-refractivity contribution in [1.29, 1.82) is 0 Å². The molecule has 2 aromatic rings. The number of rotatable bonds is 6. The zero-order valence-electron chi connectivity index (χ0n) is 9.93. The van der Waals surface area contributed by atoms with E-state index in [9.17, 15) is 4.79 Å². The number of anilines is 2. The van der Waals surface area contributed by atoms with Gasteiger partial charge in [0.05, 0.1) is 6.54 Å². The van der Waals surface area contributed by atoms with Crippen molar-refractivity contribution in [3.05, 3.63) is 28.4 Å². The van der Waals surface area contributed by atoms with E-state index < -0.39 is 0 Å². The third-order valence-corrected chi connectivity index (χ3v) is 2.08. The number of hydrogen-bond donors (Lipinski definition) is 3. The summed E-state index contributed by atoms with van der Waals surface area (Å²) in [5, 5.41) is 19.7. The molecule has 0 saturated heterocycles. The highest BCUT2D eigenvalue weighted by Crippen LogP contribution is 2.10. The standard InChI is InChI=1S/C10H14N6O2/c1-2-5-11-6-9-15-16-10(18-9)12-7-3-4-8(17)14-13-7/h3-4,11H,2,5-6H2,1H3,(H,14,17)(H,12,13,16). The molecule has 2 heterocycles. The SMILES string of the molecule is CCCNCc1nnc(Nc2ccc(=O)[nH]n2)o1. The quantitative estimate of drug-likeness (QED) is 0.636. The summed E-state index contributed by atoms with van der Waals surface area (Å²) in [7, 11) is 0. The predicted molar refractivity (Wildman–Crippen MR) is 64.4 cm³/mol. The second-order valence-corrected chi connectivity index (χ2v) is 3.61. The van der Waals surface area contributed by atoms with Crippen LogP contribution < -0.4 is 16.2 Å². The van der Waals surface area contributed by atoms with Gasteiger partial charge in [0.25, 0.3) is 5.56 Å². The van der Waals surface area contributed by atoms with Crippen LogP contribution in [0, 0.1) is 0 Å². The molecule has 0 bridgehead atoms. The molecule has 0 aliphatic heterocycles. The molecular weight excluding hydrogens is 236 g/mol. The molecular formula is C10H14N6O2. The maximum atomic E-state index is 10.8. The van der Waals surface area contributed by atoms with Crippen LogP contribution in [0.2, 0.25) is 0 Å². The molecule has 96 valence electrons. The predicted octanol–water partition coefficient (Wildman–Crippen LogP) is 0.396. The van der Waals surface area contributed by atoms with Gasteiger partial charge in [-0.1, -0.05) is 12.0 Å². The normalized spacial score (nSPS) is 10.5. The number of aromatic nitrogens is 4. The van der Waals surface area contributed by atoms with Gasteiger partial charge in [-0.15, -0.1) is 5.10 Å². The van der Waals surface area contributed by atoms with Gasteiger partial charge in [-0.25, -0.2) is 5.10 Å². The Bertz CT molecular complexity index is 529. The first-order valence-electron chi connectivity index (χ1n) is 5.64. The molecule has 3 N–H and O–H groups in total. The van der Waals surface area contributed by atoms with Crippen LogP contribution in [0.15, 0.2) is 21.3 Å². The number of aromatic amines is 1. The van der Waals surface area contributed by atoms with Gasteiger partial charge in [0.2, 0.25) is 5.89 Å². The average molecular weight is 250 g/mol. The van der Waals surface area contributed by atoms with Crippen LogP contribution in [0.3, 0.4) is 0 Å². The summed E-state index contributed by atoms with van der Waals surface area (Å²) in [6, 6.07) is 3.12. The number of H-pyrrole nitrogens is 1. The van der Waals surface area contributed by atoms with E-state index in [4.69, 9.17) is 4.42 Å². The average Bonchev–Trinajstić information content (AvgIpc) is 2.80. The van der Waals surface area contributed by atoms with Crippen LogP contribution in [-0.4, -0.2) is 26.9 Å². The number of hydrogen-bond acceptors (Lipinski definition) is 7. The lowest BCUT2D eigenvalue weighted by atomic mass is 10.5. The van der Waals surface area contributed by atoms with Crippen molar-refractivity contribution in [3.8, 4) is 0 Å². The second kappa shape index (κ2) is 5.92. The summed E-state index contributed by atoms with van der Waals surface area (Å²) in [6.07, 6.45) is 1.04. The molecule has 8 heteroatoms. The lowest BCUT2D eigenvalue weighted by molar-refractivity contribution is 0.479. The van der Waals surface area contributed by atoms with Crippen LogP contribution in [-0.2, 0) is 6.54 Å². The van der Waals surface area contributed by atoms with E-state index in [2.05, 4.69) is 38.0 Å². The van der Waals surface area contributed by atoms with E-state index in [1.54, 1.807) is 0 Å². The zero-order valence-corrected chi connectivity index (χ0v) is 9.93. The van der Waals surface area contributed by atoms with Crippen LogP contribution in [0.4, 0.5) is 11.8 Å². The molecule has 8 nitrogen and oxygen atoms in total. The molecule has 0 atom stereocenters. The lowest BCUT2D eigenvalue weighted by Crippen LogP contribution is -2.13. The minimum absolute atomic E-state index is 0.239. The van der Waals surface area contributed by atoms with E-state index in [0.29, 0.717) is 18.3 Å². The second-order valence-electron chi connectivity index (χ2n) is 3.61. The molecule has 0 aliphatic rings. The monoisotopic (exact) mass is 250 g/mol. The van der Waals surface area contributed by atoms with Crippen molar-refractivity contribution in [1.82, 2.24) is 25.7 Å². The van der Waals surface area contributed by atoms with E-state index in [-0.39, 0.29) is 11.6 Å². The molecule has 0 amide bonds. The van der Waals surface area contributed by atoms with Crippen molar-refractivity contribution in [3.63, 3.8) is 0 Å². The lowest BCUT2D eigenvalue weighted by Gasteiger charge is -1.98. The first-order valence-corrected chi connectivity index (χ1v) is 5.64. The van der Waals surface area contributed by atoms with Gasteiger partial charge in [0.1, 0.15) is 0 Å². The van der Waals surface area contributed by atoms with E-state index in [1.807, 2.05) is 0 Å². The molecule has 2 aromatic heterocycles. The summed E-state index contributed by atoms with van der Waals surface area (Å²) in [6.45, 7) is 3.50. The Morgan fingerprint density at radius 3 is 3.00 bits per heavy atom. The van der Waals surface area contributed by atoms with Crippen molar-refractivity contribution in [2.75, 3.05) is 11.9 Å². The Labute approximate surface area is 103 Å². The fraction of sp³-hybridized carbons (Fsp3) is 0.400. The largest absolute Gasteiger partial charge is 0.406 e. The number of nitrogens with one attached hydrogen (secondary N) is 3. The van der Waals surface area contributed by atoms with Crippen LogP contribution in [0.5, 0.6) is 0 Å². The molecule has 0 spiro atoms. The molecule has 0 unspecified atom stereocenters. The molecule has 0 aromatic carbocycles. The van der Waals surface area contributed by atoms with Gasteiger partial charge in [-0.05, 0) is 19.0 Å². The van der Waals surface area contributed by atoms with Crippen molar-refractivity contribution in [2.45, 2.75) is 19.9 Å². The Morgan fingerprint density at radius 1 is 1.39 bits per heavy atom. The maximum absolute atomic E-state index is 10.8.